The van der Waals surface area contributed by atoms with E-state index in [0.717, 1.165) is 42.0 Å². The van der Waals surface area contributed by atoms with Gasteiger partial charge in [0.2, 0.25) is 11.8 Å². The van der Waals surface area contributed by atoms with Gasteiger partial charge in [0.15, 0.2) is 0 Å². The zero-order valence-electron chi connectivity index (χ0n) is 18.3. The van der Waals surface area contributed by atoms with Crippen molar-refractivity contribution < 1.29 is 19.1 Å². The van der Waals surface area contributed by atoms with Crippen LogP contribution in [0.4, 0.5) is 5.69 Å². The highest BCUT2D eigenvalue weighted by atomic mass is 16.5. The number of carbonyl (C=O) groups is 2. The molecular formula is C24H29N3O4. The fraction of sp³-hybridized carbons (Fsp3) is 0.417. The SMILES string of the molecule is CNC(=O)CN(Cc1cc2c(cc1OC)CC(C)O2)C(=O)CN1CCc2ccccc21. The molecule has 0 radical (unpaired) electrons. The summed E-state index contributed by atoms with van der Waals surface area (Å²) in [5.41, 5.74) is 4.27. The molecule has 0 saturated heterocycles. The van der Waals surface area contributed by atoms with Crippen LogP contribution in [0.1, 0.15) is 23.6 Å². The molecule has 7 nitrogen and oxygen atoms in total. The number of hydrogen-bond donors (Lipinski definition) is 1. The van der Waals surface area contributed by atoms with E-state index in [-0.39, 0.29) is 37.6 Å². The van der Waals surface area contributed by atoms with E-state index in [2.05, 4.69) is 16.3 Å². The molecule has 0 spiro atoms. The minimum Gasteiger partial charge on any atom is -0.496 e. The van der Waals surface area contributed by atoms with E-state index in [1.54, 1.807) is 19.1 Å². The van der Waals surface area contributed by atoms with Crippen LogP contribution >= 0.6 is 0 Å². The second-order valence-electron chi connectivity index (χ2n) is 8.13. The zero-order chi connectivity index (χ0) is 22.0. The predicted octanol–water partition coefficient (Wildman–Crippen LogP) is 2.16. The van der Waals surface area contributed by atoms with Crippen LogP contribution in [0.5, 0.6) is 11.5 Å². The Labute approximate surface area is 182 Å². The van der Waals surface area contributed by atoms with Crippen LogP contribution in [0.15, 0.2) is 36.4 Å². The summed E-state index contributed by atoms with van der Waals surface area (Å²) in [6, 6.07) is 12.1. The molecule has 0 bridgehead atoms. The van der Waals surface area contributed by atoms with Crippen LogP contribution in [-0.4, -0.2) is 56.6 Å². The molecule has 164 valence electrons. The van der Waals surface area contributed by atoms with E-state index in [9.17, 15) is 9.59 Å². The summed E-state index contributed by atoms with van der Waals surface area (Å²) in [4.78, 5) is 29.1. The number of rotatable bonds is 7. The summed E-state index contributed by atoms with van der Waals surface area (Å²) in [7, 11) is 3.20. The largest absolute Gasteiger partial charge is 0.496 e. The van der Waals surface area contributed by atoms with Gasteiger partial charge in [-0.1, -0.05) is 18.2 Å². The highest BCUT2D eigenvalue weighted by Crippen LogP contribution is 2.35. The Bertz CT molecular complexity index is 991. The Morgan fingerprint density at radius 1 is 1.26 bits per heavy atom. The number of anilines is 1. The number of hydrogen-bond acceptors (Lipinski definition) is 5. The lowest BCUT2D eigenvalue weighted by molar-refractivity contribution is -0.135. The molecule has 0 saturated carbocycles. The number of benzene rings is 2. The maximum atomic E-state index is 13.3. The molecule has 0 aliphatic carbocycles. The Hall–Kier alpha value is -3.22. The van der Waals surface area contributed by atoms with Crippen LogP contribution in [-0.2, 0) is 29.0 Å². The van der Waals surface area contributed by atoms with Crippen molar-refractivity contribution in [2.24, 2.45) is 0 Å². The summed E-state index contributed by atoms with van der Waals surface area (Å²) in [5.74, 6) is 1.22. The van der Waals surface area contributed by atoms with Crippen molar-refractivity contribution in [3.8, 4) is 11.5 Å². The first-order valence-electron chi connectivity index (χ1n) is 10.7. The number of carbonyl (C=O) groups excluding carboxylic acids is 2. The molecule has 2 aromatic rings. The minimum absolute atomic E-state index is 0.0116. The molecule has 31 heavy (non-hydrogen) atoms. The normalized spacial score (nSPS) is 16.4. The van der Waals surface area contributed by atoms with Crippen LogP contribution < -0.4 is 19.7 Å². The predicted molar refractivity (Wildman–Crippen MR) is 119 cm³/mol. The minimum atomic E-state index is -0.208. The van der Waals surface area contributed by atoms with E-state index in [0.29, 0.717) is 5.75 Å². The fourth-order valence-electron chi connectivity index (χ4n) is 4.32. The maximum absolute atomic E-state index is 13.3. The highest BCUT2D eigenvalue weighted by Gasteiger charge is 2.27. The van der Waals surface area contributed by atoms with Crippen molar-refractivity contribution in [2.45, 2.75) is 32.4 Å². The van der Waals surface area contributed by atoms with E-state index in [1.165, 1.54) is 5.56 Å². The van der Waals surface area contributed by atoms with Crippen molar-refractivity contribution in [2.75, 3.05) is 38.7 Å². The van der Waals surface area contributed by atoms with Gasteiger partial charge in [-0.3, -0.25) is 9.59 Å². The van der Waals surface area contributed by atoms with Crippen molar-refractivity contribution in [3.63, 3.8) is 0 Å². The molecule has 0 aromatic heterocycles. The molecule has 1 atom stereocenters. The Morgan fingerprint density at radius 3 is 2.84 bits per heavy atom. The fourth-order valence-corrected chi connectivity index (χ4v) is 4.32. The summed E-state index contributed by atoms with van der Waals surface area (Å²) < 4.78 is 11.5. The van der Waals surface area contributed by atoms with Gasteiger partial charge in [-0.2, -0.15) is 0 Å². The molecule has 2 aromatic carbocycles. The third-order valence-electron chi connectivity index (χ3n) is 5.94. The molecule has 7 heteroatoms. The third kappa shape index (κ3) is 4.45. The Kier molecular flexibility index (Phi) is 6.02. The second kappa shape index (κ2) is 8.88. The summed E-state index contributed by atoms with van der Waals surface area (Å²) in [5, 5.41) is 2.62. The Morgan fingerprint density at radius 2 is 2.06 bits per heavy atom. The average molecular weight is 424 g/mol. The van der Waals surface area contributed by atoms with E-state index in [1.807, 2.05) is 37.3 Å². The number of para-hydroxylation sites is 1. The van der Waals surface area contributed by atoms with E-state index < -0.39 is 0 Å². The maximum Gasteiger partial charge on any atom is 0.242 e. The van der Waals surface area contributed by atoms with Crippen LogP contribution in [0.3, 0.4) is 0 Å². The van der Waals surface area contributed by atoms with Gasteiger partial charge in [-0.25, -0.2) is 0 Å². The van der Waals surface area contributed by atoms with Crippen molar-refractivity contribution in [1.29, 1.82) is 0 Å². The molecule has 2 heterocycles. The number of nitrogens with one attached hydrogen (secondary N) is 1. The lowest BCUT2D eigenvalue weighted by Crippen LogP contribution is -2.44. The number of likely N-dealkylation sites (N-methyl/N-ethyl adjacent to an activating group) is 1. The standard InChI is InChI=1S/C24H29N3O4/c1-16-10-18-11-21(30-3)19(12-22(18)31-16)13-27(14-23(28)25-2)24(29)15-26-9-8-17-6-4-5-7-20(17)26/h4-7,11-12,16H,8-10,13-15H2,1-3H3,(H,25,28). The molecular weight excluding hydrogens is 394 g/mol. The Balaban J connectivity index is 1.55. The summed E-state index contributed by atoms with van der Waals surface area (Å²) in [6.07, 6.45) is 1.88. The van der Waals surface area contributed by atoms with Gasteiger partial charge in [-0.15, -0.1) is 0 Å². The lowest BCUT2D eigenvalue weighted by Gasteiger charge is -2.27. The molecule has 1 N–H and O–H groups in total. The zero-order valence-corrected chi connectivity index (χ0v) is 18.3. The topological polar surface area (TPSA) is 71.1 Å². The van der Waals surface area contributed by atoms with Crippen molar-refractivity contribution in [1.82, 2.24) is 10.2 Å². The van der Waals surface area contributed by atoms with Crippen molar-refractivity contribution >= 4 is 17.5 Å². The lowest BCUT2D eigenvalue weighted by atomic mass is 10.1. The smallest absolute Gasteiger partial charge is 0.242 e. The van der Waals surface area contributed by atoms with Gasteiger partial charge in [0.25, 0.3) is 0 Å². The molecule has 2 aliphatic heterocycles. The van der Waals surface area contributed by atoms with Crippen LogP contribution in [0.25, 0.3) is 0 Å². The van der Waals surface area contributed by atoms with Crippen LogP contribution in [0, 0.1) is 0 Å². The molecule has 4 rings (SSSR count). The first-order valence-corrected chi connectivity index (χ1v) is 10.7. The second-order valence-corrected chi connectivity index (χ2v) is 8.13. The van der Waals surface area contributed by atoms with Gasteiger partial charge < -0.3 is 24.6 Å². The van der Waals surface area contributed by atoms with Gasteiger partial charge in [0.1, 0.15) is 17.6 Å². The van der Waals surface area contributed by atoms with E-state index in [4.69, 9.17) is 9.47 Å². The average Bonchev–Trinajstić information content (AvgIpc) is 3.34. The number of methoxy groups -OCH3 is 1. The van der Waals surface area contributed by atoms with Gasteiger partial charge in [0.05, 0.1) is 26.7 Å². The van der Waals surface area contributed by atoms with Gasteiger partial charge in [0, 0.05) is 36.8 Å². The first kappa shape index (κ1) is 21.0. The van der Waals surface area contributed by atoms with Crippen LogP contribution in [0.2, 0.25) is 0 Å². The third-order valence-corrected chi connectivity index (χ3v) is 5.94. The molecule has 1 unspecified atom stereocenters. The summed E-state index contributed by atoms with van der Waals surface area (Å²) in [6.45, 7) is 3.32. The molecule has 2 aliphatic rings. The number of fused-ring (bicyclic) bond motifs is 2. The monoisotopic (exact) mass is 423 g/mol. The summed E-state index contributed by atoms with van der Waals surface area (Å²) >= 11 is 0. The van der Waals surface area contributed by atoms with Gasteiger partial charge in [-0.05, 0) is 37.1 Å². The number of nitrogens with zero attached hydrogens (tertiary/aromatic N) is 2. The quantitative estimate of drug-likeness (QED) is 0.739. The highest BCUT2D eigenvalue weighted by molar-refractivity contribution is 5.87. The molecule has 2 amide bonds. The number of ether oxygens (including phenoxy) is 2. The van der Waals surface area contributed by atoms with E-state index >= 15 is 0 Å². The van der Waals surface area contributed by atoms with Gasteiger partial charge >= 0.3 is 0 Å². The molecule has 0 fully saturated rings. The first-order chi connectivity index (χ1) is 15.0. The van der Waals surface area contributed by atoms with Crippen molar-refractivity contribution in [3.05, 3.63) is 53.1 Å². The number of amides is 2.